The van der Waals surface area contributed by atoms with E-state index < -0.39 is 60.6 Å². The molecule has 1 aliphatic heterocycles. The van der Waals surface area contributed by atoms with E-state index in [0.717, 1.165) is 16.7 Å². The van der Waals surface area contributed by atoms with Crippen molar-refractivity contribution >= 4 is 23.8 Å². The summed E-state index contributed by atoms with van der Waals surface area (Å²) in [6.07, 6.45) is -7.23. The molecule has 11 nitrogen and oxygen atoms in total. The molecule has 1 fully saturated rings. The van der Waals surface area contributed by atoms with E-state index in [1.165, 1.54) is 4.90 Å². The fourth-order valence-electron chi connectivity index (χ4n) is 6.04. The maximum atomic E-state index is 13.4. The standard InChI is InChI=1S/C38H42F3NO10/c1-48-30-16-12-27(13-17-30)37(26-9-5-3-6-10-26,28-14-18-31(49-2)19-15-28)51-25-29-23-32(52-35(46)21-20-34(44)45)24-42(29)36(47)50-22-8-4-7-11-33(43)38(39,40)41/h3,5-6,9-10,12-19,29,32H,4,7-8,11,20-25H2,1-2H3,(H,44,45)/t29-,32+/m0/s1. The number of carboxylic acid groups (broad SMARTS) is 1. The molecule has 3 aromatic carbocycles. The summed E-state index contributed by atoms with van der Waals surface area (Å²) >= 11 is 0. The van der Waals surface area contributed by atoms with Crippen LogP contribution >= 0.6 is 0 Å². The highest BCUT2D eigenvalue weighted by molar-refractivity contribution is 5.83. The van der Waals surface area contributed by atoms with Crippen molar-refractivity contribution in [3.8, 4) is 11.5 Å². The number of unbranched alkanes of at least 4 members (excludes halogenated alkanes) is 2. The molecule has 0 unspecified atom stereocenters. The van der Waals surface area contributed by atoms with Crippen molar-refractivity contribution in [2.24, 2.45) is 0 Å². The van der Waals surface area contributed by atoms with Gasteiger partial charge in [0.2, 0.25) is 5.78 Å². The van der Waals surface area contributed by atoms with Crippen LogP contribution in [0.1, 0.15) is 61.6 Å². The average molecular weight is 730 g/mol. The van der Waals surface area contributed by atoms with Crippen molar-refractivity contribution in [3.63, 3.8) is 0 Å². The van der Waals surface area contributed by atoms with Crippen molar-refractivity contribution in [2.45, 2.75) is 68.9 Å². The Bertz CT molecular complexity index is 1580. The molecule has 0 aromatic heterocycles. The molecule has 280 valence electrons. The summed E-state index contributed by atoms with van der Waals surface area (Å²) in [5.41, 5.74) is 1.05. The van der Waals surface area contributed by atoms with Gasteiger partial charge in [0.05, 0.1) is 52.9 Å². The van der Waals surface area contributed by atoms with Crippen molar-refractivity contribution < 1.29 is 61.1 Å². The summed E-state index contributed by atoms with van der Waals surface area (Å²) in [6, 6.07) is 23.6. The van der Waals surface area contributed by atoms with Gasteiger partial charge < -0.3 is 28.8 Å². The molecule has 0 aliphatic carbocycles. The molecule has 0 radical (unpaired) electrons. The second-order valence-corrected chi connectivity index (χ2v) is 12.2. The number of carbonyl (C=O) groups is 4. The minimum atomic E-state index is -4.88. The smallest absolute Gasteiger partial charge is 0.449 e. The molecule has 14 heteroatoms. The Morgan fingerprint density at radius 3 is 1.88 bits per heavy atom. The molecular weight excluding hydrogens is 687 g/mol. The molecule has 4 rings (SSSR count). The van der Waals surface area contributed by atoms with Gasteiger partial charge in [0.15, 0.2) is 0 Å². The maximum absolute atomic E-state index is 13.4. The van der Waals surface area contributed by atoms with Gasteiger partial charge in [-0.2, -0.15) is 13.2 Å². The third-order valence-electron chi connectivity index (χ3n) is 8.71. The summed E-state index contributed by atoms with van der Waals surface area (Å²) in [5, 5.41) is 8.99. The van der Waals surface area contributed by atoms with Crippen LogP contribution in [0.4, 0.5) is 18.0 Å². The normalized spacial score (nSPS) is 15.9. The molecular formula is C38H42F3NO10. The van der Waals surface area contributed by atoms with E-state index in [4.69, 9.17) is 28.8 Å². The number of amides is 1. The molecule has 1 heterocycles. The number of rotatable bonds is 18. The van der Waals surface area contributed by atoms with Crippen LogP contribution in [-0.4, -0.2) is 86.1 Å². The Morgan fingerprint density at radius 2 is 1.35 bits per heavy atom. The van der Waals surface area contributed by atoms with E-state index in [2.05, 4.69) is 0 Å². The van der Waals surface area contributed by atoms with Crippen molar-refractivity contribution in [1.29, 1.82) is 0 Å². The van der Waals surface area contributed by atoms with Gasteiger partial charge in [-0.15, -0.1) is 0 Å². The van der Waals surface area contributed by atoms with E-state index in [1.807, 2.05) is 78.9 Å². The zero-order valence-electron chi connectivity index (χ0n) is 28.9. The molecule has 1 saturated heterocycles. The summed E-state index contributed by atoms with van der Waals surface area (Å²) in [7, 11) is 3.12. The molecule has 0 spiro atoms. The van der Waals surface area contributed by atoms with Gasteiger partial charge in [0.25, 0.3) is 0 Å². The van der Waals surface area contributed by atoms with Crippen LogP contribution < -0.4 is 9.47 Å². The molecule has 0 bridgehead atoms. The monoisotopic (exact) mass is 729 g/mol. The van der Waals surface area contributed by atoms with E-state index in [1.54, 1.807) is 14.2 Å². The van der Waals surface area contributed by atoms with Crippen LogP contribution in [0.2, 0.25) is 0 Å². The third kappa shape index (κ3) is 10.5. The number of likely N-dealkylation sites (tertiary alicyclic amines) is 1. The second kappa shape index (κ2) is 18.4. The number of hydrogen-bond acceptors (Lipinski definition) is 9. The quantitative estimate of drug-likeness (QED) is 0.0857. The summed E-state index contributed by atoms with van der Waals surface area (Å²) < 4.78 is 66.4. The van der Waals surface area contributed by atoms with E-state index in [-0.39, 0.29) is 51.9 Å². The first-order chi connectivity index (χ1) is 24.9. The number of benzene rings is 3. The lowest BCUT2D eigenvalue weighted by atomic mass is 9.80. The lowest BCUT2D eigenvalue weighted by Gasteiger charge is -2.37. The molecule has 1 amide bonds. The topological polar surface area (TPSA) is 138 Å². The van der Waals surface area contributed by atoms with Crippen molar-refractivity contribution in [2.75, 3.05) is 34.0 Å². The number of carbonyl (C=O) groups excluding carboxylic acids is 3. The molecule has 52 heavy (non-hydrogen) atoms. The maximum Gasteiger partial charge on any atom is 0.449 e. The SMILES string of the molecule is COc1ccc(C(OC[C@@H]2C[C@@H](OC(=O)CCC(=O)O)CN2C(=O)OCCCCCC(=O)C(F)(F)F)(c2ccccc2)c2ccc(OC)cc2)cc1. The van der Waals surface area contributed by atoms with Crippen molar-refractivity contribution in [1.82, 2.24) is 4.90 Å². The van der Waals surface area contributed by atoms with Gasteiger partial charge in [0.1, 0.15) is 23.2 Å². The van der Waals surface area contributed by atoms with E-state index in [0.29, 0.717) is 11.5 Å². The Morgan fingerprint density at radius 1 is 0.769 bits per heavy atom. The minimum absolute atomic E-state index is 0.0112. The molecule has 0 saturated carbocycles. The van der Waals surface area contributed by atoms with Gasteiger partial charge >= 0.3 is 24.2 Å². The minimum Gasteiger partial charge on any atom is -0.497 e. The molecule has 2 atom stereocenters. The predicted octanol–water partition coefficient (Wildman–Crippen LogP) is 6.69. The van der Waals surface area contributed by atoms with E-state index in [9.17, 15) is 32.3 Å². The number of ether oxygens (including phenoxy) is 5. The number of Topliss-reactive ketones (excluding diaryl/α,β-unsaturated/α-hetero) is 1. The largest absolute Gasteiger partial charge is 0.497 e. The van der Waals surface area contributed by atoms with Crippen molar-refractivity contribution in [3.05, 3.63) is 95.6 Å². The number of methoxy groups -OCH3 is 2. The van der Waals surface area contributed by atoms with Crippen LogP contribution in [-0.2, 0) is 34.2 Å². The highest BCUT2D eigenvalue weighted by Crippen LogP contribution is 2.42. The zero-order chi connectivity index (χ0) is 37.7. The predicted molar refractivity (Wildman–Crippen MR) is 181 cm³/mol. The van der Waals surface area contributed by atoms with Crippen LogP contribution in [0.25, 0.3) is 0 Å². The van der Waals surface area contributed by atoms with Gasteiger partial charge in [0, 0.05) is 12.8 Å². The average Bonchev–Trinajstić information content (AvgIpc) is 3.55. The first kappa shape index (κ1) is 39.7. The number of aliphatic carboxylic acids is 1. The second-order valence-electron chi connectivity index (χ2n) is 12.2. The Balaban J connectivity index is 1.60. The summed E-state index contributed by atoms with van der Waals surface area (Å²) in [4.78, 5) is 49.5. The Kier molecular flexibility index (Phi) is 14.0. The number of halogens is 3. The number of hydrogen-bond donors (Lipinski definition) is 1. The molecule has 3 aromatic rings. The van der Waals surface area contributed by atoms with Crippen LogP contribution in [0.3, 0.4) is 0 Å². The first-order valence-corrected chi connectivity index (χ1v) is 16.8. The molecule has 1 N–H and O–H groups in total. The first-order valence-electron chi connectivity index (χ1n) is 16.8. The highest BCUT2D eigenvalue weighted by Gasteiger charge is 2.43. The number of ketones is 1. The Hall–Kier alpha value is -5.11. The Labute approximate surface area is 299 Å². The fraction of sp³-hybridized carbons (Fsp3) is 0.421. The van der Waals surface area contributed by atoms with Gasteiger partial charge in [-0.05, 0) is 60.2 Å². The van der Waals surface area contributed by atoms with Crippen LogP contribution in [0.15, 0.2) is 78.9 Å². The number of esters is 1. The van der Waals surface area contributed by atoms with Gasteiger partial charge in [-0.1, -0.05) is 54.6 Å². The van der Waals surface area contributed by atoms with Gasteiger partial charge in [-0.3, -0.25) is 19.3 Å². The third-order valence-corrected chi connectivity index (χ3v) is 8.71. The van der Waals surface area contributed by atoms with Gasteiger partial charge in [-0.25, -0.2) is 4.79 Å². The summed E-state index contributed by atoms with van der Waals surface area (Å²) in [5.74, 6) is -2.43. The van der Waals surface area contributed by atoms with E-state index >= 15 is 0 Å². The highest BCUT2D eigenvalue weighted by atomic mass is 19.4. The lowest BCUT2D eigenvalue weighted by molar-refractivity contribution is -0.171. The zero-order valence-corrected chi connectivity index (χ0v) is 28.9. The summed E-state index contributed by atoms with van der Waals surface area (Å²) in [6.45, 7) is -0.238. The van der Waals surface area contributed by atoms with Crippen LogP contribution in [0.5, 0.6) is 11.5 Å². The number of nitrogens with zero attached hydrogens (tertiary/aromatic N) is 1. The van der Waals surface area contributed by atoms with Crippen LogP contribution in [0, 0.1) is 0 Å². The lowest BCUT2D eigenvalue weighted by Crippen LogP contribution is -2.42. The fourth-order valence-corrected chi connectivity index (χ4v) is 6.04. The number of carboxylic acids is 1. The molecule has 1 aliphatic rings. The number of alkyl halides is 3.